The van der Waals surface area contributed by atoms with E-state index in [-0.39, 0.29) is 34.7 Å². The highest BCUT2D eigenvalue weighted by atomic mass is 32.1. The highest BCUT2D eigenvalue weighted by Crippen LogP contribution is 2.39. The Bertz CT molecular complexity index is 1250. The van der Waals surface area contributed by atoms with Crippen LogP contribution < -0.4 is 5.43 Å². The summed E-state index contributed by atoms with van der Waals surface area (Å²) in [7, 11) is 0. The summed E-state index contributed by atoms with van der Waals surface area (Å²) in [6.45, 7) is 8.12. The lowest BCUT2D eigenvalue weighted by Crippen LogP contribution is -2.18. The molecule has 0 aliphatic rings. The van der Waals surface area contributed by atoms with Crippen LogP contribution in [0.5, 0.6) is 5.75 Å². The monoisotopic (exact) mass is 498 g/mol. The summed E-state index contributed by atoms with van der Waals surface area (Å²) in [5.74, 6) is -1.76. The lowest BCUT2D eigenvalue weighted by Gasteiger charge is -2.19. The predicted octanol–water partition coefficient (Wildman–Crippen LogP) is 5.68. The van der Waals surface area contributed by atoms with Crippen LogP contribution in [0.15, 0.2) is 46.9 Å². The summed E-state index contributed by atoms with van der Waals surface area (Å²) in [5, 5.41) is 25.4. The number of rotatable bonds is 8. The van der Waals surface area contributed by atoms with Crippen molar-refractivity contribution in [2.45, 2.75) is 46.0 Å². The third-order valence-corrected chi connectivity index (χ3v) is 7.31. The van der Waals surface area contributed by atoms with Crippen molar-refractivity contribution < 1.29 is 24.6 Å². The fourth-order valence-electron chi connectivity index (χ4n) is 3.14. The molecule has 0 aliphatic heterocycles. The van der Waals surface area contributed by atoms with Gasteiger partial charge in [0.2, 0.25) is 0 Å². The van der Waals surface area contributed by atoms with E-state index in [0.717, 1.165) is 21.8 Å². The lowest BCUT2D eigenvalue weighted by molar-refractivity contribution is -0.136. The maximum atomic E-state index is 12.4. The Balaban J connectivity index is 1.69. The number of carbonyl (C=O) groups is 3. The van der Waals surface area contributed by atoms with Crippen molar-refractivity contribution in [3.63, 3.8) is 0 Å². The average Bonchev–Trinajstić information content (AvgIpc) is 3.42. The van der Waals surface area contributed by atoms with Gasteiger partial charge in [0.25, 0.3) is 5.91 Å². The van der Waals surface area contributed by atoms with Crippen LogP contribution in [0.3, 0.4) is 0 Å². The molecule has 3 rings (SSSR count). The van der Waals surface area contributed by atoms with Crippen molar-refractivity contribution in [2.24, 2.45) is 5.10 Å². The number of nitrogens with zero attached hydrogens (tertiary/aromatic N) is 1. The number of carbonyl (C=O) groups excluding carboxylic acids is 2. The maximum absolute atomic E-state index is 12.4. The number of carboxylic acids is 1. The van der Waals surface area contributed by atoms with Crippen LogP contribution in [-0.4, -0.2) is 33.6 Å². The molecule has 0 saturated carbocycles. The van der Waals surface area contributed by atoms with E-state index < -0.39 is 11.9 Å². The Hall–Kier alpha value is -3.30. The minimum absolute atomic E-state index is 0.0394. The van der Waals surface area contributed by atoms with E-state index in [2.05, 4.69) is 43.4 Å². The Morgan fingerprint density at radius 2 is 1.65 bits per heavy atom. The van der Waals surface area contributed by atoms with Crippen LogP contribution in [0.4, 0.5) is 0 Å². The van der Waals surface area contributed by atoms with Crippen LogP contribution in [0.2, 0.25) is 0 Å². The second-order valence-electron chi connectivity index (χ2n) is 8.77. The number of hydrogen-bond donors (Lipinski definition) is 3. The number of thiophene rings is 2. The molecule has 3 N–H and O–H groups in total. The standard InChI is InChI=1S/C25H26N2O5S2/c1-14(26-27-24(32)20-11-10-19(34-20)18(28)9-12-21(29)30)17-13-33-23(22(17)31)15-5-7-16(8-6-15)25(2,3)4/h5-8,10-11,13,31H,9,12H2,1-4H3,(H,27,32)(H,29,30)/b26-14+. The molecule has 34 heavy (non-hydrogen) atoms. The minimum atomic E-state index is -1.05. The number of aliphatic carboxylic acids is 1. The number of benzene rings is 1. The first kappa shape index (κ1) is 25.3. The molecular formula is C25H26N2O5S2. The van der Waals surface area contributed by atoms with Gasteiger partial charge in [-0.1, -0.05) is 45.0 Å². The van der Waals surface area contributed by atoms with Crippen LogP contribution in [0, 0.1) is 0 Å². The van der Waals surface area contributed by atoms with Crippen molar-refractivity contribution in [1.82, 2.24) is 5.43 Å². The molecular weight excluding hydrogens is 472 g/mol. The number of hydrogen-bond acceptors (Lipinski definition) is 7. The van der Waals surface area contributed by atoms with Gasteiger partial charge in [0.05, 0.1) is 32.3 Å². The SMILES string of the molecule is C/C(=N\NC(=O)c1ccc(C(=O)CCC(=O)O)s1)c1csc(-c2ccc(C(C)(C)C)cc2)c1O. The quantitative estimate of drug-likeness (QED) is 0.210. The van der Waals surface area contributed by atoms with Crippen LogP contribution >= 0.6 is 22.7 Å². The second kappa shape index (κ2) is 10.3. The molecule has 2 heterocycles. The molecule has 1 aromatic carbocycles. The van der Waals surface area contributed by atoms with Crippen molar-refractivity contribution in [3.05, 3.63) is 62.7 Å². The summed E-state index contributed by atoms with van der Waals surface area (Å²) >= 11 is 2.38. The van der Waals surface area contributed by atoms with Gasteiger partial charge in [-0.05, 0) is 35.6 Å². The summed E-state index contributed by atoms with van der Waals surface area (Å²) < 4.78 is 0. The fraction of sp³-hybridized carbons (Fsp3) is 0.280. The topological polar surface area (TPSA) is 116 Å². The summed E-state index contributed by atoms with van der Waals surface area (Å²) in [4.78, 5) is 36.4. The van der Waals surface area contributed by atoms with Crippen molar-refractivity contribution in [3.8, 4) is 16.2 Å². The molecule has 3 aromatic rings. The van der Waals surface area contributed by atoms with Gasteiger partial charge in [0.1, 0.15) is 5.75 Å². The Kier molecular flexibility index (Phi) is 7.68. The third kappa shape index (κ3) is 5.98. The minimum Gasteiger partial charge on any atom is -0.506 e. The Morgan fingerprint density at radius 3 is 2.26 bits per heavy atom. The number of Topliss-reactive ketones (excluding diaryl/α,β-unsaturated/α-hetero) is 1. The molecule has 0 atom stereocenters. The molecule has 7 nitrogen and oxygen atoms in total. The second-order valence-corrected chi connectivity index (χ2v) is 10.7. The van der Waals surface area contributed by atoms with E-state index in [1.165, 1.54) is 29.0 Å². The molecule has 1 amide bonds. The molecule has 2 aromatic heterocycles. The average molecular weight is 499 g/mol. The molecule has 0 spiro atoms. The fourth-order valence-corrected chi connectivity index (χ4v) is 5.01. The lowest BCUT2D eigenvalue weighted by atomic mass is 9.86. The molecule has 0 bridgehead atoms. The van der Waals surface area contributed by atoms with Crippen molar-refractivity contribution >= 4 is 46.0 Å². The van der Waals surface area contributed by atoms with Gasteiger partial charge >= 0.3 is 5.97 Å². The van der Waals surface area contributed by atoms with E-state index in [4.69, 9.17) is 5.11 Å². The smallest absolute Gasteiger partial charge is 0.303 e. The van der Waals surface area contributed by atoms with E-state index in [9.17, 15) is 19.5 Å². The van der Waals surface area contributed by atoms with Crippen LogP contribution in [-0.2, 0) is 10.2 Å². The molecule has 9 heteroatoms. The van der Waals surface area contributed by atoms with E-state index in [1.54, 1.807) is 12.3 Å². The number of amides is 1. The number of carboxylic acid groups (broad SMARTS) is 1. The van der Waals surface area contributed by atoms with Crippen molar-refractivity contribution in [1.29, 1.82) is 0 Å². The Morgan fingerprint density at radius 1 is 1.00 bits per heavy atom. The predicted molar refractivity (Wildman–Crippen MR) is 135 cm³/mol. The van der Waals surface area contributed by atoms with Gasteiger partial charge in [-0.2, -0.15) is 5.10 Å². The first-order valence-electron chi connectivity index (χ1n) is 10.6. The van der Waals surface area contributed by atoms with Gasteiger partial charge in [-0.15, -0.1) is 22.7 Å². The maximum Gasteiger partial charge on any atom is 0.303 e. The number of aromatic hydroxyl groups is 1. The third-order valence-electron chi connectivity index (χ3n) is 5.16. The highest BCUT2D eigenvalue weighted by Gasteiger charge is 2.18. The van der Waals surface area contributed by atoms with Gasteiger partial charge in [-0.25, -0.2) is 5.43 Å². The van der Waals surface area contributed by atoms with Crippen LogP contribution in [0.25, 0.3) is 10.4 Å². The number of hydrazone groups is 1. The zero-order chi connectivity index (χ0) is 25.0. The summed E-state index contributed by atoms with van der Waals surface area (Å²) in [6.07, 6.45) is -0.374. The normalized spacial score (nSPS) is 11.9. The number of ketones is 1. The van der Waals surface area contributed by atoms with Crippen molar-refractivity contribution in [2.75, 3.05) is 0 Å². The molecule has 0 unspecified atom stereocenters. The van der Waals surface area contributed by atoms with Gasteiger partial charge < -0.3 is 10.2 Å². The number of nitrogens with one attached hydrogen (secondary N) is 1. The van der Waals surface area contributed by atoms with E-state index in [1.807, 2.05) is 12.1 Å². The first-order chi connectivity index (χ1) is 16.0. The van der Waals surface area contributed by atoms with Gasteiger partial charge in [0.15, 0.2) is 5.78 Å². The van der Waals surface area contributed by atoms with Gasteiger partial charge in [0, 0.05) is 11.8 Å². The highest BCUT2D eigenvalue weighted by molar-refractivity contribution is 7.16. The summed E-state index contributed by atoms with van der Waals surface area (Å²) in [6, 6.07) is 11.1. The van der Waals surface area contributed by atoms with E-state index in [0.29, 0.717) is 16.2 Å². The molecule has 0 radical (unpaired) electrons. The van der Waals surface area contributed by atoms with Crippen LogP contribution in [0.1, 0.15) is 71.0 Å². The molecule has 0 aliphatic carbocycles. The zero-order valence-electron chi connectivity index (χ0n) is 19.3. The van der Waals surface area contributed by atoms with E-state index >= 15 is 0 Å². The first-order valence-corrected chi connectivity index (χ1v) is 12.3. The largest absolute Gasteiger partial charge is 0.506 e. The zero-order valence-corrected chi connectivity index (χ0v) is 21.0. The molecule has 0 fully saturated rings. The van der Waals surface area contributed by atoms with Gasteiger partial charge in [-0.3, -0.25) is 14.4 Å². The Labute approximate surface area is 205 Å². The molecule has 178 valence electrons. The molecule has 0 saturated heterocycles. The summed E-state index contributed by atoms with van der Waals surface area (Å²) in [5.41, 5.74) is 5.55.